The molecule has 1 amide bonds. The molecule has 1 aliphatic heterocycles. The predicted molar refractivity (Wildman–Crippen MR) is 161 cm³/mol. The van der Waals surface area contributed by atoms with E-state index in [2.05, 4.69) is 27.0 Å². The number of rotatable bonds is 7. The molecular weight excluding hydrogens is 589 g/mol. The van der Waals surface area contributed by atoms with Crippen LogP contribution < -0.4 is 5.32 Å². The van der Waals surface area contributed by atoms with Gasteiger partial charge in [-0.25, -0.2) is 13.8 Å². The van der Waals surface area contributed by atoms with Crippen LogP contribution in [0.3, 0.4) is 0 Å². The molecule has 0 unspecified atom stereocenters. The van der Waals surface area contributed by atoms with Crippen LogP contribution in [-0.4, -0.2) is 57.8 Å². The maximum atomic E-state index is 14.1. The van der Waals surface area contributed by atoms with Crippen LogP contribution in [0.15, 0.2) is 60.8 Å². The van der Waals surface area contributed by atoms with E-state index < -0.39 is 29.8 Å². The lowest BCUT2D eigenvalue weighted by atomic mass is 10.0. The first kappa shape index (κ1) is 30.7. The number of imidazole rings is 1. The molecule has 1 saturated heterocycles. The summed E-state index contributed by atoms with van der Waals surface area (Å²) in [6.45, 7) is 6.13. The number of benzene rings is 2. The van der Waals surface area contributed by atoms with Crippen molar-refractivity contribution < 1.29 is 26.7 Å². The highest BCUT2D eigenvalue weighted by Gasteiger charge is 2.35. The molecule has 1 saturated carbocycles. The van der Waals surface area contributed by atoms with Crippen LogP contribution in [-0.2, 0) is 12.7 Å². The number of aromatic nitrogens is 2. The zero-order valence-corrected chi connectivity index (χ0v) is 24.7. The predicted octanol–water partition coefficient (Wildman–Crippen LogP) is 6.78. The molecule has 45 heavy (non-hydrogen) atoms. The van der Waals surface area contributed by atoms with Crippen molar-refractivity contribution in [1.82, 2.24) is 19.2 Å². The third kappa shape index (κ3) is 7.18. The highest BCUT2D eigenvalue weighted by Crippen LogP contribution is 2.35. The maximum absolute atomic E-state index is 14.1. The molecule has 1 aliphatic carbocycles. The Morgan fingerprint density at radius 2 is 1.76 bits per heavy atom. The van der Waals surface area contributed by atoms with Gasteiger partial charge in [0.25, 0.3) is 12.3 Å². The molecule has 0 spiro atoms. The fraction of sp³-hybridized carbons (Fsp3) is 0.353. The van der Waals surface area contributed by atoms with Gasteiger partial charge in [-0.2, -0.15) is 13.2 Å². The van der Waals surface area contributed by atoms with Crippen molar-refractivity contribution >= 4 is 17.2 Å². The number of aryl methyl sites for hydroxylation is 1. The summed E-state index contributed by atoms with van der Waals surface area (Å²) in [5.41, 5.74) is 0.608. The number of nitrogens with one attached hydrogen (secondary N) is 1. The minimum Gasteiger partial charge on any atom is -0.322 e. The number of piperazine rings is 1. The van der Waals surface area contributed by atoms with Gasteiger partial charge >= 0.3 is 6.18 Å². The van der Waals surface area contributed by atoms with Crippen LogP contribution in [0.5, 0.6) is 0 Å². The van der Waals surface area contributed by atoms with E-state index in [9.17, 15) is 26.7 Å². The third-order valence-electron chi connectivity index (χ3n) is 8.32. The van der Waals surface area contributed by atoms with E-state index in [1.54, 1.807) is 37.4 Å². The molecule has 2 aliphatic rings. The molecule has 11 heteroatoms. The molecule has 1 N–H and O–H groups in total. The normalized spacial score (nSPS) is 16.2. The zero-order chi connectivity index (χ0) is 31.7. The number of carbonyl (C=O) groups is 1. The summed E-state index contributed by atoms with van der Waals surface area (Å²) in [6.07, 6.45) is -3.30. The highest BCUT2D eigenvalue weighted by molar-refractivity contribution is 6.04. The van der Waals surface area contributed by atoms with Gasteiger partial charge in [-0.05, 0) is 79.1 Å². The van der Waals surface area contributed by atoms with E-state index in [1.165, 1.54) is 41.5 Å². The SMILES string of the molecule is Cc1ccc(C(=O)Nc2ccc(CN3CCN(CC4CC4)CC3)c(C(F)(F)F)c2)cc1C#Cc1c(C(F)F)nc2ccccn12. The van der Waals surface area contributed by atoms with Gasteiger partial charge in [-0.3, -0.25) is 14.1 Å². The van der Waals surface area contributed by atoms with Crippen molar-refractivity contribution in [1.29, 1.82) is 0 Å². The minimum atomic E-state index is -4.59. The average Bonchev–Trinajstić information content (AvgIpc) is 3.75. The summed E-state index contributed by atoms with van der Waals surface area (Å²) in [6, 6.07) is 13.5. The van der Waals surface area contributed by atoms with Crippen LogP contribution in [0.2, 0.25) is 0 Å². The van der Waals surface area contributed by atoms with E-state index in [1.807, 2.05) is 4.90 Å². The average molecular weight is 622 g/mol. The van der Waals surface area contributed by atoms with Crippen LogP contribution in [0, 0.1) is 24.7 Å². The summed E-state index contributed by atoms with van der Waals surface area (Å²) >= 11 is 0. The van der Waals surface area contributed by atoms with E-state index >= 15 is 0 Å². The number of alkyl halides is 5. The van der Waals surface area contributed by atoms with E-state index in [-0.39, 0.29) is 29.1 Å². The molecule has 4 aromatic rings. The Kier molecular flexibility index (Phi) is 8.62. The molecule has 0 bridgehead atoms. The Bertz CT molecular complexity index is 1780. The van der Waals surface area contributed by atoms with Crippen molar-refractivity contribution in [2.24, 2.45) is 5.92 Å². The van der Waals surface area contributed by atoms with Gasteiger partial charge in [0.2, 0.25) is 0 Å². The molecule has 6 nitrogen and oxygen atoms in total. The van der Waals surface area contributed by atoms with Crippen LogP contribution in [0.4, 0.5) is 27.6 Å². The highest BCUT2D eigenvalue weighted by atomic mass is 19.4. The minimum absolute atomic E-state index is 0.0193. The summed E-state index contributed by atoms with van der Waals surface area (Å²) < 4.78 is 71.2. The lowest BCUT2D eigenvalue weighted by Crippen LogP contribution is -2.46. The first-order valence-corrected chi connectivity index (χ1v) is 14.9. The number of carbonyl (C=O) groups excluding carboxylic acids is 1. The number of pyridine rings is 1. The van der Waals surface area contributed by atoms with Gasteiger partial charge in [0.05, 0.1) is 5.56 Å². The molecule has 234 valence electrons. The second kappa shape index (κ2) is 12.6. The number of nitrogens with zero attached hydrogens (tertiary/aromatic N) is 4. The zero-order valence-electron chi connectivity index (χ0n) is 24.7. The molecule has 0 atom stereocenters. The number of halogens is 5. The molecule has 2 aromatic heterocycles. The van der Waals surface area contributed by atoms with Gasteiger partial charge in [0, 0.05) is 62.3 Å². The van der Waals surface area contributed by atoms with Gasteiger partial charge in [-0.15, -0.1) is 0 Å². The quantitative estimate of drug-likeness (QED) is 0.183. The van der Waals surface area contributed by atoms with Crippen molar-refractivity contribution in [3.8, 4) is 11.8 Å². The van der Waals surface area contributed by atoms with Crippen LogP contribution in [0.1, 0.15) is 63.3 Å². The van der Waals surface area contributed by atoms with Gasteiger partial charge in [0.1, 0.15) is 17.0 Å². The molecule has 0 radical (unpaired) electrons. The Morgan fingerprint density at radius 3 is 2.47 bits per heavy atom. The fourth-order valence-corrected chi connectivity index (χ4v) is 5.61. The second-order valence-corrected chi connectivity index (χ2v) is 11.7. The fourth-order valence-electron chi connectivity index (χ4n) is 5.61. The molecule has 2 fully saturated rings. The van der Waals surface area contributed by atoms with E-state index in [0.717, 1.165) is 31.6 Å². The third-order valence-corrected chi connectivity index (χ3v) is 8.32. The standard InChI is InChI=1S/C34H32F5N5O/c1-22-5-8-25(18-24(22)10-12-29-31(32(35)36)41-30-4-2-3-13-44(29)30)33(45)40-27-11-9-26(28(19-27)34(37,38)39)21-43-16-14-42(15-17-43)20-23-6-7-23/h2-5,8-9,11,13,18-19,23,32H,6-7,14-17,20-21H2,1H3,(H,40,45). The molecule has 2 aromatic carbocycles. The van der Waals surface area contributed by atoms with Gasteiger partial charge < -0.3 is 10.2 Å². The van der Waals surface area contributed by atoms with Gasteiger partial charge in [0.15, 0.2) is 0 Å². The smallest absolute Gasteiger partial charge is 0.322 e. The summed E-state index contributed by atoms with van der Waals surface area (Å²) in [5, 5.41) is 2.58. The monoisotopic (exact) mass is 621 g/mol. The number of hydrogen-bond donors (Lipinski definition) is 1. The first-order valence-electron chi connectivity index (χ1n) is 14.9. The Balaban J connectivity index is 1.18. The summed E-state index contributed by atoms with van der Waals surface area (Å²) in [5.74, 6) is 5.81. The Hall–Kier alpha value is -4.27. The first-order chi connectivity index (χ1) is 21.5. The van der Waals surface area contributed by atoms with Crippen LogP contribution >= 0.6 is 0 Å². The summed E-state index contributed by atoms with van der Waals surface area (Å²) in [4.78, 5) is 21.5. The topological polar surface area (TPSA) is 52.9 Å². The number of fused-ring (bicyclic) bond motifs is 1. The number of hydrogen-bond acceptors (Lipinski definition) is 4. The number of anilines is 1. The molecular formula is C34H32F5N5O. The van der Waals surface area contributed by atoms with Gasteiger partial charge in [-0.1, -0.05) is 24.1 Å². The van der Waals surface area contributed by atoms with Crippen molar-refractivity contribution in [3.05, 3.63) is 100.0 Å². The lowest BCUT2D eigenvalue weighted by Gasteiger charge is -2.35. The Labute approximate surface area is 257 Å². The maximum Gasteiger partial charge on any atom is 0.416 e. The largest absolute Gasteiger partial charge is 0.416 e. The van der Waals surface area contributed by atoms with E-state index in [4.69, 9.17) is 0 Å². The molecule has 3 heterocycles. The van der Waals surface area contributed by atoms with Crippen molar-refractivity contribution in [2.45, 2.75) is 38.9 Å². The Morgan fingerprint density at radius 1 is 1.00 bits per heavy atom. The second-order valence-electron chi connectivity index (χ2n) is 11.7. The van der Waals surface area contributed by atoms with E-state index in [0.29, 0.717) is 29.9 Å². The van der Waals surface area contributed by atoms with Crippen molar-refractivity contribution in [3.63, 3.8) is 0 Å². The molecule has 6 rings (SSSR count). The lowest BCUT2D eigenvalue weighted by molar-refractivity contribution is -0.138. The summed E-state index contributed by atoms with van der Waals surface area (Å²) in [7, 11) is 0. The van der Waals surface area contributed by atoms with Crippen LogP contribution in [0.25, 0.3) is 5.65 Å². The number of amides is 1. The van der Waals surface area contributed by atoms with Crippen molar-refractivity contribution in [2.75, 3.05) is 38.0 Å².